The first kappa shape index (κ1) is 73.0. The van der Waals surface area contributed by atoms with Crippen LogP contribution in [0, 0.1) is 0 Å². The Balaban J connectivity index is 4.19. The highest BCUT2D eigenvalue weighted by atomic mass is 16.7. The molecule has 0 N–H and O–H groups in total. The third kappa shape index (κ3) is 59.5. The van der Waals surface area contributed by atoms with Gasteiger partial charge in [0.25, 0.3) is 0 Å². The van der Waals surface area contributed by atoms with Gasteiger partial charge in [-0.15, -0.1) is 0 Å². The number of ether oxygens (including phenoxy) is 4. The van der Waals surface area contributed by atoms with Gasteiger partial charge in [-0.3, -0.25) is 9.59 Å². The van der Waals surface area contributed by atoms with Crippen molar-refractivity contribution in [1.82, 2.24) is 0 Å². The average molecular weight is 1070 g/mol. The largest absolute Gasteiger partial charge is 0.545 e. The molecule has 0 aromatic rings. The molecule has 0 aliphatic rings. The lowest BCUT2D eigenvalue weighted by atomic mass is 10.0. The van der Waals surface area contributed by atoms with Crippen molar-refractivity contribution in [3.05, 3.63) is 109 Å². The van der Waals surface area contributed by atoms with Crippen LogP contribution in [0.1, 0.15) is 245 Å². The lowest BCUT2D eigenvalue weighted by Crippen LogP contribution is -2.44. The standard InChI is InChI=1S/C68H115NO8/c1-6-8-10-12-14-16-18-20-22-24-26-28-29-30-31-32-33-34-35-36-37-39-41-43-45-47-49-51-53-55-57-59-66(71)77-64(63-76-68(67(72)73)74-61-60-69(3,4)5)62-75-65(70)58-56-54-52-50-48-46-44-42-40-38-27-25-23-21-19-17-15-13-11-9-7-2/h8-11,14-17,20-23,26-28,30-31,38,64,68H,6-7,12-13,18-19,24-25,29,32-37,39-63H2,1-5H3/b10-8-,11-9-,16-14-,17-15-,22-20-,23-21-,28-26-,31-30-,38-27-. The molecule has 0 aliphatic carbocycles. The van der Waals surface area contributed by atoms with Crippen LogP contribution in [0.3, 0.4) is 0 Å². The molecule has 0 saturated carbocycles. The second-order valence-electron chi connectivity index (χ2n) is 21.6. The molecule has 0 saturated heterocycles. The van der Waals surface area contributed by atoms with Gasteiger partial charge in [-0.05, 0) is 96.3 Å². The van der Waals surface area contributed by atoms with Crippen molar-refractivity contribution in [3.8, 4) is 0 Å². The number of likely N-dealkylation sites (N-methyl/N-ethyl adjacent to an activating group) is 1. The molecular formula is C68H115NO8. The number of carbonyl (C=O) groups is 3. The zero-order valence-electron chi connectivity index (χ0n) is 50.0. The third-order valence-corrected chi connectivity index (χ3v) is 13.0. The quantitative estimate of drug-likeness (QED) is 0.0195. The summed E-state index contributed by atoms with van der Waals surface area (Å²) in [7, 11) is 5.92. The van der Waals surface area contributed by atoms with Gasteiger partial charge in [0.1, 0.15) is 13.2 Å². The maximum absolute atomic E-state index is 12.9. The number of aliphatic carboxylic acids is 1. The minimum absolute atomic E-state index is 0.142. The Morgan fingerprint density at radius 1 is 0.390 bits per heavy atom. The number of esters is 2. The molecule has 0 bridgehead atoms. The lowest BCUT2D eigenvalue weighted by molar-refractivity contribution is -0.870. The van der Waals surface area contributed by atoms with Crippen molar-refractivity contribution in [3.63, 3.8) is 0 Å². The fourth-order valence-corrected chi connectivity index (χ4v) is 8.32. The molecule has 2 unspecified atom stereocenters. The van der Waals surface area contributed by atoms with Crippen molar-refractivity contribution in [1.29, 1.82) is 0 Å². The van der Waals surface area contributed by atoms with E-state index in [1.807, 2.05) is 21.1 Å². The zero-order chi connectivity index (χ0) is 56.2. The Labute approximate surface area is 473 Å². The van der Waals surface area contributed by atoms with Gasteiger partial charge < -0.3 is 33.3 Å². The van der Waals surface area contributed by atoms with Gasteiger partial charge >= 0.3 is 11.9 Å². The summed E-state index contributed by atoms with van der Waals surface area (Å²) in [5.41, 5.74) is 0. The van der Waals surface area contributed by atoms with Crippen LogP contribution in [-0.4, -0.2) is 82.3 Å². The summed E-state index contributed by atoms with van der Waals surface area (Å²) in [5.74, 6) is -2.30. The van der Waals surface area contributed by atoms with Gasteiger partial charge in [-0.1, -0.05) is 245 Å². The first-order chi connectivity index (χ1) is 37.6. The molecule has 0 aliphatic heterocycles. The number of hydrogen-bond donors (Lipinski definition) is 0. The Kier molecular flexibility index (Phi) is 55.1. The van der Waals surface area contributed by atoms with E-state index < -0.39 is 24.3 Å². The van der Waals surface area contributed by atoms with Gasteiger partial charge in [0.2, 0.25) is 0 Å². The van der Waals surface area contributed by atoms with Gasteiger partial charge in [0.15, 0.2) is 12.4 Å². The minimum Gasteiger partial charge on any atom is -0.545 e. The van der Waals surface area contributed by atoms with Gasteiger partial charge in [-0.2, -0.15) is 0 Å². The highest BCUT2D eigenvalue weighted by Gasteiger charge is 2.22. The number of unbranched alkanes of at least 4 members (excludes halogenated alkanes) is 23. The molecule has 0 amide bonds. The molecule has 2 atom stereocenters. The van der Waals surface area contributed by atoms with Crippen LogP contribution in [0.2, 0.25) is 0 Å². The SMILES string of the molecule is CC/C=C\C/C=C\C/C=C\C/C=C\C/C=C\CCCCCCCCCCCCCCCCCC(=O)OC(COC(=O)CCCCCCCCCC/C=C\C/C=C\C/C=C\C/C=C\CC)COC(OCC[N+](C)(C)C)C(=O)[O-]. The van der Waals surface area contributed by atoms with E-state index in [-0.39, 0.29) is 38.6 Å². The molecule has 9 nitrogen and oxygen atoms in total. The number of nitrogens with zero attached hydrogens (tertiary/aromatic N) is 1. The van der Waals surface area contributed by atoms with Gasteiger partial charge in [0.05, 0.1) is 40.3 Å². The van der Waals surface area contributed by atoms with Crippen molar-refractivity contribution >= 4 is 17.9 Å². The van der Waals surface area contributed by atoms with Crippen LogP contribution in [-0.2, 0) is 33.3 Å². The first-order valence-corrected chi connectivity index (χ1v) is 31.0. The Morgan fingerprint density at radius 3 is 1.04 bits per heavy atom. The van der Waals surface area contributed by atoms with E-state index in [2.05, 4.69) is 123 Å². The van der Waals surface area contributed by atoms with Crippen molar-refractivity contribution < 1.29 is 42.9 Å². The van der Waals surface area contributed by atoms with E-state index in [0.717, 1.165) is 109 Å². The van der Waals surface area contributed by atoms with E-state index in [9.17, 15) is 19.5 Å². The third-order valence-electron chi connectivity index (χ3n) is 13.0. The minimum atomic E-state index is -1.63. The maximum Gasteiger partial charge on any atom is 0.306 e. The van der Waals surface area contributed by atoms with Crippen LogP contribution in [0.15, 0.2) is 109 Å². The summed E-state index contributed by atoms with van der Waals surface area (Å²) in [5, 5.41) is 11.8. The first-order valence-electron chi connectivity index (χ1n) is 31.0. The number of allylic oxidation sites excluding steroid dienone is 18. The number of carbonyl (C=O) groups excluding carboxylic acids is 3. The number of quaternary nitrogens is 1. The van der Waals surface area contributed by atoms with E-state index >= 15 is 0 Å². The van der Waals surface area contributed by atoms with E-state index in [1.54, 1.807) is 0 Å². The Hall–Kier alpha value is -4.05. The van der Waals surface area contributed by atoms with Gasteiger partial charge in [-0.25, -0.2) is 0 Å². The Morgan fingerprint density at radius 2 is 0.701 bits per heavy atom. The summed E-state index contributed by atoms with van der Waals surface area (Å²) in [6.07, 6.45) is 77.1. The van der Waals surface area contributed by atoms with Crippen LogP contribution in [0.4, 0.5) is 0 Å². The summed E-state index contributed by atoms with van der Waals surface area (Å²) >= 11 is 0. The lowest BCUT2D eigenvalue weighted by Gasteiger charge is -2.26. The molecule has 440 valence electrons. The average Bonchev–Trinajstić information content (AvgIpc) is 3.40. The number of carboxylic acids is 1. The fourth-order valence-electron chi connectivity index (χ4n) is 8.32. The second kappa shape index (κ2) is 58.1. The molecule has 0 aromatic heterocycles. The van der Waals surface area contributed by atoms with Crippen LogP contribution < -0.4 is 5.11 Å². The smallest absolute Gasteiger partial charge is 0.306 e. The molecule has 0 rings (SSSR count). The van der Waals surface area contributed by atoms with E-state index in [1.165, 1.54) is 103 Å². The number of hydrogen-bond acceptors (Lipinski definition) is 8. The number of rotatable bonds is 56. The zero-order valence-corrected chi connectivity index (χ0v) is 50.0. The van der Waals surface area contributed by atoms with Crippen molar-refractivity contribution in [2.75, 3.05) is 47.5 Å². The topological polar surface area (TPSA) is 111 Å². The molecule has 0 aromatic carbocycles. The predicted octanol–water partition coefficient (Wildman–Crippen LogP) is 17.3. The normalized spacial score (nSPS) is 13.5. The number of carboxylic acid groups (broad SMARTS) is 1. The molecule has 77 heavy (non-hydrogen) atoms. The van der Waals surface area contributed by atoms with Crippen molar-refractivity contribution in [2.45, 2.75) is 257 Å². The molecule has 0 spiro atoms. The maximum atomic E-state index is 12.9. The highest BCUT2D eigenvalue weighted by Crippen LogP contribution is 2.16. The van der Waals surface area contributed by atoms with E-state index in [4.69, 9.17) is 18.9 Å². The van der Waals surface area contributed by atoms with Crippen LogP contribution >= 0.6 is 0 Å². The van der Waals surface area contributed by atoms with Crippen molar-refractivity contribution in [2.24, 2.45) is 0 Å². The summed E-state index contributed by atoms with van der Waals surface area (Å²) in [4.78, 5) is 37.4. The molecular weight excluding hydrogens is 959 g/mol. The highest BCUT2D eigenvalue weighted by molar-refractivity contribution is 5.70. The summed E-state index contributed by atoms with van der Waals surface area (Å²) in [6.45, 7) is 4.52. The second-order valence-corrected chi connectivity index (χ2v) is 21.6. The van der Waals surface area contributed by atoms with Crippen LogP contribution in [0.5, 0.6) is 0 Å². The molecule has 0 heterocycles. The summed E-state index contributed by atoms with van der Waals surface area (Å²) in [6, 6.07) is 0. The molecule has 9 heteroatoms. The predicted molar refractivity (Wildman–Crippen MR) is 324 cm³/mol. The molecule has 0 radical (unpaired) electrons. The van der Waals surface area contributed by atoms with Gasteiger partial charge in [0, 0.05) is 12.8 Å². The monoisotopic (exact) mass is 1070 g/mol. The van der Waals surface area contributed by atoms with Crippen LogP contribution in [0.25, 0.3) is 0 Å². The van der Waals surface area contributed by atoms with E-state index in [0.29, 0.717) is 17.4 Å². The Bertz CT molecular complexity index is 1630. The summed E-state index contributed by atoms with van der Waals surface area (Å²) < 4.78 is 22.7. The molecule has 0 fully saturated rings. The fraction of sp³-hybridized carbons (Fsp3) is 0.691.